The number of aromatic nitrogens is 3. The number of hydrogen-bond acceptors (Lipinski definition) is 5. The van der Waals surface area contributed by atoms with Gasteiger partial charge in [-0.1, -0.05) is 71.9 Å². The van der Waals surface area contributed by atoms with E-state index in [-0.39, 0.29) is 11.7 Å². The van der Waals surface area contributed by atoms with Crippen LogP contribution in [0, 0.1) is 0 Å². The van der Waals surface area contributed by atoms with Crippen molar-refractivity contribution in [1.29, 1.82) is 0 Å². The third-order valence-corrected chi connectivity index (χ3v) is 5.82. The number of nitrogen functional groups attached to an aromatic ring is 1. The van der Waals surface area contributed by atoms with Crippen LogP contribution in [-0.2, 0) is 11.2 Å². The molecule has 0 saturated carbocycles. The highest BCUT2D eigenvalue weighted by Crippen LogP contribution is 2.24. The number of thioether (sulfide) groups is 1. The van der Waals surface area contributed by atoms with Gasteiger partial charge in [0, 0.05) is 16.3 Å². The highest BCUT2D eigenvalue weighted by molar-refractivity contribution is 7.99. The maximum Gasteiger partial charge on any atom is 0.234 e. The Morgan fingerprint density at radius 3 is 2.45 bits per heavy atom. The van der Waals surface area contributed by atoms with E-state index in [4.69, 9.17) is 17.4 Å². The quantitative estimate of drug-likeness (QED) is 0.317. The third-order valence-electron chi connectivity index (χ3n) is 4.63. The second kappa shape index (κ2) is 9.68. The molecule has 6 nitrogen and oxygen atoms in total. The topological polar surface area (TPSA) is 85.8 Å². The van der Waals surface area contributed by atoms with Crippen molar-refractivity contribution < 1.29 is 4.79 Å². The van der Waals surface area contributed by atoms with Crippen LogP contribution in [0.4, 0.5) is 5.69 Å². The summed E-state index contributed by atoms with van der Waals surface area (Å²) in [5.41, 5.74) is 3.84. The highest BCUT2D eigenvalue weighted by atomic mass is 35.5. The molecule has 1 heterocycles. The third kappa shape index (κ3) is 5.25. The van der Waals surface area contributed by atoms with E-state index in [2.05, 4.69) is 27.6 Å². The molecule has 0 bridgehead atoms. The summed E-state index contributed by atoms with van der Waals surface area (Å²) in [4.78, 5) is 12.6. The van der Waals surface area contributed by atoms with Crippen molar-refractivity contribution in [3.8, 4) is 11.4 Å². The van der Waals surface area contributed by atoms with E-state index < -0.39 is 0 Å². The van der Waals surface area contributed by atoms with Crippen molar-refractivity contribution in [1.82, 2.24) is 14.9 Å². The molecular weight excluding hydrogens is 430 g/mol. The summed E-state index contributed by atoms with van der Waals surface area (Å²) in [5, 5.41) is 12.3. The molecule has 0 saturated heterocycles. The first kappa shape index (κ1) is 21.0. The van der Waals surface area contributed by atoms with E-state index in [1.54, 1.807) is 12.1 Å². The van der Waals surface area contributed by atoms with Gasteiger partial charge in [-0.3, -0.25) is 4.79 Å². The fraction of sp³-hybridized carbons (Fsp3) is 0.0870. The molecule has 3 aromatic carbocycles. The molecule has 156 valence electrons. The summed E-state index contributed by atoms with van der Waals surface area (Å²) < 4.78 is 1.38. The minimum atomic E-state index is -0.137. The van der Waals surface area contributed by atoms with E-state index in [0.29, 0.717) is 16.0 Å². The van der Waals surface area contributed by atoms with Crippen molar-refractivity contribution in [2.45, 2.75) is 11.6 Å². The average molecular weight is 450 g/mol. The first-order valence-corrected chi connectivity index (χ1v) is 11.0. The summed E-state index contributed by atoms with van der Waals surface area (Å²) in [5.74, 6) is 6.66. The number of anilines is 1. The van der Waals surface area contributed by atoms with Crippen LogP contribution in [0.2, 0.25) is 5.02 Å². The Kier molecular flexibility index (Phi) is 6.54. The monoisotopic (exact) mass is 449 g/mol. The molecule has 0 spiro atoms. The number of nitrogens with two attached hydrogens (primary N) is 1. The van der Waals surface area contributed by atoms with Gasteiger partial charge in [0.05, 0.1) is 5.75 Å². The smallest absolute Gasteiger partial charge is 0.234 e. The Morgan fingerprint density at radius 1 is 0.968 bits per heavy atom. The lowest BCUT2D eigenvalue weighted by atomic mass is 10.0. The van der Waals surface area contributed by atoms with Crippen molar-refractivity contribution in [2.75, 3.05) is 16.9 Å². The van der Waals surface area contributed by atoms with Crippen molar-refractivity contribution in [2.24, 2.45) is 0 Å². The first-order valence-electron chi connectivity index (χ1n) is 9.61. The lowest BCUT2D eigenvalue weighted by Gasteiger charge is -2.11. The molecule has 0 fully saturated rings. The van der Waals surface area contributed by atoms with Crippen LogP contribution in [0.3, 0.4) is 0 Å². The van der Waals surface area contributed by atoms with Crippen LogP contribution < -0.4 is 11.2 Å². The molecule has 0 aliphatic carbocycles. The van der Waals surface area contributed by atoms with Crippen LogP contribution in [0.25, 0.3) is 11.4 Å². The van der Waals surface area contributed by atoms with Gasteiger partial charge in [-0.05, 0) is 47.9 Å². The number of rotatable bonds is 7. The van der Waals surface area contributed by atoms with Gasteiger partial charge in [-0.25, -0.2) is 4.68 Å². The second-order valence-corrected chi connectivity index (χ2v) is 8.22. The standard InChI is InChI=1S/C23H20ClN5OS/c24-19-12-10-17(11-13-19)22-27-28-23(29(22)25)31-15-21(30)26-20-9-5-4-8-18(20)14-16-6-2-1-3-7-16/h1-13H,14-15,25H2,(H,26,30). The average Bonchev–Trinajstić information content (AvgIpc) is 3.15. The van der Waals surface area contributed by atoms with Gasteiger partial charge in [0.2, 0.25) is 11.1 Å². The predicted molar refractivity (Wildman–Crippen MR) is 126 cm³/mol. The second-order valence-electron chi connectivity index (χ2n) is 6.84. The van der Waals surface area contributed by atoms with Gasteiger partial charge < -0.3 is 11.2 Å². The summed E-state index contributed by atoms with van der Waals surface area (Å²) in [7, 11) is 0. The van der Waals surface area contributed by atoms with Crippen LogP contribution >= 0.6 is 23.4 Å². The number of amides is 1. The van der Waals surface area contributed by atoms with Crippen LogP contribution in [0.15, 0.2) is 84.0 Å². The Morgan fingerprint density at radius 2 is 1.68 bits per heavy atom. The maximum absolute atomic E-state index is 12.6. The minimum Gasteiger partial charge on any atom is -0.335 e. The fourth-order valence-electron chi connectivity index (χ4n) is 3.10. The predicted octanol–water partition coefficient (Wildman–Crippen LogP) is 4.63. The SMILES string of the molecule is Nn1c(SCC(=O)Nc2ccccc2Cc2ccccc2)nnc1-c1ccc(Cl)cc1. The van der Waals surface area contributed by atoms with Gasteiger partial charge in [0.15, 0.2) is 5.82 Å². The van der Waals surface area contributed by atoms with Gasteiger partial charge in [0.25, 0.3) is 0 Å². The Balaban J connectivity index is 1.40. The highest BCUT2D eigenvalue weighted by Gasteiger charge is 2.14. The fourth-order valence-corrected chi connectivity index (χ4v) is 3.88. The molecular formula is C23H20ClN5OS. The zero-order valence-corrected chi connectivity index (χ0v) is 18.1. The number of carbonyl (C=O) groups is 1. The zero-order chi connectivity index (χ0) is 21.6. The van der Waals surface area contributed by atoms with Gasteiger partial charge in [-0.2, -0.15) is 0 Å². The summed E-state index contributed by atoms with van der Waals surface area (Å²) in [6.07, 6.45) is 0.742. The minimum absolute atomic E-state index is 0.137. The molecule has 0 aliphatic heterocycles. The number of nitrogens with zero attached hydrogens (tertiary/aromatic N) is 3. The Hall–Kier alpha value is -3.29. The molecule has 0 unspecified atom stereocenters. The molecule has 3 N–H and O–H groups in total. The molecule has 0 radical (unpaired) electrons. The van der Waals surface area contributed by atoms with E-state index in [9.17, 15) is 4.79 Å². The summed E-state index contributed by atoms with van der Waals surface area (Å²) in [6, 6.07) is 25.1. The molecule has 0 atom stereocenters. The molecule has 1 amide bonds. The Bertz CT molecular complexity index is 1180. The number of carbonyl (C=O) groups excluding carboxylic acids is 1. The number of halogens is 1. The zero-order valence-electron chi connectivity index (χ0n) is 16.5. The van der Waals surface area contributed by atoms with Gasteiger partial charge in [0.1, 0.15) is 0 Å². The van der Waals surface area contributed by atoms with Crippen molar-refractivity contribution in [3.05, 3.63) is 95.0 Å². The van der Waals surface area contributed by atoms with Gasteiger partial charge in [-0.15, -0.1) is 10.2 Å². The maximum atomic E-state index is 12.6. The number of benzene rings is 3. The molecule has 4 aromatic rings. The first-order chi connectivity index (χ1) is 15.1. The number of para-hydroxylation sites is 1. The lowest BCUT2D eigenvalue weighted by molar-refractivity contribution is -0.113. The normalized spacial score (nSPS) is 10.7. The van der Waals surface area contributed by atoms with Crippen molar-refractivity contribution in [3.63, 3.8) is 0 Å². The van der Waals surface area contributed by atoms with E-state index in [0.717, 1.165) is 23.2 Å². The summed E-state index contributed by atoms with van der Waals surface area (Å²) >= 11 is 7.16. The summed E-state index contributed by atoms with van der Waals surface area (Å²) in [6.45, 7) is 0. The molecule has 4 rings (SSSR count). The van der Waals surface area contributed by atoms with Crippen LogP contribution in [-0.4, -0.2) is 26.5 Å². The van der Waals surface area contributed by atoms with E-state index in [1.165, 1.54) is 22.0 Å². The van der Waals surface area contributed by atoms with E-state index in [1.807, 2.05) is 54.6 Å². The van der Waals surface area contributed by atoms with Crippen molar-refractivity contribution >= 4 is 35.0 Å². The molecule has 8 heteroatoms. The van der Waals surface area contributed by atoms with Crippen LogP contribution in [0.5, 0.6) is 0 Å². The molecule has 31 heavy (non-hydrogen) atoms. The lowest BCUT2D eigenvalue weighted by Crippen LogP contribution is -2.17. The Labute approximate surface area is 189 Å². The number of hydrogen-bond donors (Lipinski definition) is 2. The number of nitrogens with one attached hydrogen (secondary N) is 1. The van der Waals surface area contributed by atoms with E-state index >= 15 is 0 Å². The largest absolute Gasteiger partial charge is 0.335 e. The molecule has 1 aromatic heterocycles. The van der Waals surface area contributed by atoms with Crippen LogP contribution in [0.1, 0.15) is 11.1 Å². The van der Waals surface area contributed by atoms with Gasteiger partial charge >= 0.3 is 0 Å². The molecule has 0 aliphatic rings.